The molecule has 0 saturated heterocycles. The summed E-state index contributed by atoms with van der Waals surface area (Å²) in [5.41, 5.74) is 0.452. The number of carbonyl (C=O) groups is 1. The number of fused-ring (bicyclic) bond motifs is 3. The molecule has 0 radical (unpaired) electrons. The lowest BCUT2D eigenvalue weighted by atomic mass is 10.3. The van der Waals surface area contributed by atoms with Crippen molar-refractivity contribution in [1.29, 1.82) is 0 Å². The molecule has 0 aliphatic heterocycles. The van der Waals surface area contributed by atoms with Crippen molar-refractivity contribution in [2.24, 2.45) is 0 Å². The average molecular weight is 302 g/mol. The Labute approximate surface area is 112 Å². The lowest BCUT2D eigenvalue weighted by Crippen LogP contribution is -2.16. The molecule has 5 nitrogen and oxygen atoms in total. The zero-order valence-corrected chi connectivity index (χ0v) is 10.3. The van der Waals surface area contributed by atoms with E-state index in [1.54, 1.807) is 0 Å². The number of carboxylic acids is 1. The van der Waals surface area contributed by atoms with Crippen LogP contribution < -0.4 is 4.74 Å². The zero-order chi connectivity index (χ0) is 14.5. The number of aromatic carboxylic acids is 1. The topological polar surface area (TPSA) is 63.8 Å². The van der Waals surface area contributed by atoms with E-state index in [4.69, 9.17) is 5.11 Å². The third kappa shape index (κ3) is 2.16. The van der Waals surface area contributed by atoms with Crippen LogP contribution in [0.25, 0.3) is 15.2 Å². The first-order chi connectivity index (χ1) is 9.33. The van der Waals surface area contributed by atoms with E-state index >= 15 is 0 Å². The second-order valence-electron chi connectivity index (χ2n) is 3.86. The number of carboxylic acid groups (broad SMARTS) is 1. The number of nitrogens with zero attached hydrogens (tertiary/aromatic N) is 2. The Morgan fingerprint density at radius 2 is 2.15 bits per heavy atom. The molecule has 0 aliphatic carbocycles. The summed E-state index contributed by atoms with van der Waals surface area (Å²) in [6, 6.07) is 3.83. The molecule has 104 valence electrons. The predicted molar refractivity (Wildman–Crippen MR) is 64.2 cm³/mol. The highest BCUT2D eigenvalue weighted by Gasteiger charge is 2.31. The Balaban J connectivity index is 2.10. The summed E-state index contributed by atoms with van der Waals surface area (Å²) in [7, 11) is 0. The molecule has 3 rings (SSSR count). The van der Waals surface area contributed by atoms with Gasteiger partial charge >= 0.3 is 12.3 Å². The molecular weight excluding hydrogens is 297 g/mol. The van der Waals surface area contributed by atoms with E-state index in [1.165, 1.54) is 28.8 Å². The van der Waals surface area contributed by atoms with E-state index in [1.807, 2.05) is 0 Å². The molecule has 1 N–H and O–H groups in total. The number of aromatic nitrogens is 2. The highest BCUT2D eigenvalue weighted by molar-refractivity contribution is 7.23. The van der Waals surface area contributed by atoms with Gasteiger partial charge in [0.25, 0.3) is 0 Å². The minimum atomic E-state index is -4.75. The first kappa shape index (κ1) is 12.7. The quantitative estimate of drug-likeness (QED) is 0.790. The van der Waals surface area contributed by atoms with Gasteiger partial charge in [0, 0.05) is 6.20 Å². The average Bonchev–Trinajstić information content (AvgIpc) is 2.82. The standard InChI is InChI=1S/C11H5F3N2O3S/c12-11(13,14)19-5-1-2-7-8(3-5)20-10-15-6(9(17)18)4-16(7)10/h1-4H,(H,17,18). The second-order valence-corrected chi connectivity index (χ2v) is 4.87. The molecule has 2 heterocycles. The third-order valence-electron chi connectivity index (χ3n) is 2.52. The highest BCUT2D eigenvalue weighted by atomic mass is 32.1. The largest absolute Gasteiger partial charge is 0.573 e. The Bertz CT molecular complexity index is 821. The molecule has 0 spiro atoms. The minimum absolute atomic E-state index is 0.117. The maximum Gasteiger partial charge on any atom is 0.573 e. The van der Waals surface area contributed by atoms with Gasteiger partial charge in [0.05, 0.1) is 10.2 Å². The van der Waals surface area contributed by atoms with Gasteiger partial charge < -0.3 is 9.84 Å². The van der Waals surface area contributed by atoms with Gasteiger partial charge in [-0.1, -0.05) is 11.3 Å². The van der Waals surface area contributed by atoms with Crippen molar-refractivity contribution in [2.45, 2.75) is 6.36 Å². The monoisotopic (exact) mass is 302 g/mol. The number of rotatable bonds is 2. The molecule has 1 aromatic carbocycles. The van der Waals surface area contributed by atoms with E-state index in [2.05, 4.69) is 9.72 Å². The summed E-state index contributed by atoms with van der Waals surface area (Å²) in [6.07, 6.45) is -3.43. The van der Waals surface area contributed by atoms with E-state index in [9.17, 15) is 18.0 Å². The van der Waals surface area contributed by atoms with E-state index < -0.39 is 12.3 Å². The van der Waals surface area contributed by atoms with Crippen LogP contribution in [0.5, 0.6) is 5.75 Å². The lowest BCUT2D eigenvalue weighted by molar-refractivity contribution is -0.274. The van der Waals surface area contributed by atoms with Crippen LogP contribution in [-0.4, -0.2) is 26.8 Å². The maximum atomic E-state index is 12.1. The molecule has 0 fully saturated rings. The number of hydrogen-bond donors (Lipinski definition) is 1. The van der Waals surface area contributed by atoms with Crippen molar-refractivity contribution in [3.05, 3.63) is 30.1 Å². The summed E-state index contributed by atoms with van der Waals surface area (Å²) in [5.74, 6) is -1.49. The van der Waals surface area contributed by atoms with Crippen molar-refractivity contribution in [3.8, 4) is 5.75 Å². The normalized spacial score (nSPS) is 12.2. The van der Waals surface area contributed by atoms with E-state index in [-0.39, 0.29) is 11.4 Å². The summed E-state index contributed by atoms with van der Waals surface area (Å²) >= 11 is 1.08. The summed E-state index contributed by atoms with van der Waals surface area (Å²) < 4.78 is 42.2. The Morgan fingerprint density at radius 1 is 1.40 bits per heavy atom. The summed E-state index contributed by atoms with van der Waals surface area (Å²) in [5, 5.41) is 8.83. The molecule has 0 unspecified atom stereocenters. The number of ether oxygens (including phenoxy) is 1. The smallest absolute Gasteiger partial charge is 0.476 e. The fraction of sp³-hybridized carbons (Fsp3) is 0.0909. The second kappa shape index (κ2) is 4.10. The number of imidazole rings is 1. The first-order valence-corrected chi connectivity index (χ1v) is 6.06. The van der Waals surface area contributed by atoms with Gasteiger partial charge in [-0.15, -0.1) is 13.2 Å². The van der Waals surface area contributed by atoms with E-state index in [0.29, 0.717) is 15.2 Å². The lowest BCUT2D eigenvalue weighted by Gasteiger charge is -2.08. The van der Waals surface area contributed by atoms with Gasteiger partial charge in [-0.25, -0.2) is 9.78 Å². The molecule has 0 saturated carbocycles. The molecule has 0 aliphatic rings. The molecule has 9 heteroatoms. The molecule has 0 bridgehead atoms. The number of thiazole rings is 1. The minimum Gasteiger partial charge on any atom is -0.476 e. The predicted octanol–water partition coefficient (Wildman–Crippen LogP) is 3.15. The van der Waals surface area contributed by atoms with Crippen molar-refractivity contribution >= 4 is 32.5 Å². The summed E-state index contributed by atoms with van der Waals surface area (Å²) in [6.45, 7) is 0. The third-order valence-corrected chi connectivity index (χ3v) is 3.54. The first-order valence-electron chi connectivity index (χ1n) is 5.24. The van der Waals surface area contributed by atoms with Crippen LogP contribution in [0.3, 0.4) is 0 Å². The number of hydrogen-bond acceptors (Lipinski definition) is 4. The molecule has 20 heavy (non-hydrogen) atoms. The van der Waals surface area contributed by atoms with Crippen molar-refractivity contribution < 1.29 is 27.8 Å². The van der Waals surface area contributed by atoms with Crippen molar-refractivity contribution in [1.82, 2.24) is 9.38 Å². The molecule has 0 amide bonds. The van der Waals surface area contributed by atoms with Crippen LogP contribution in [0.2, 0.25) is 0 Å². The SMILES string of the molecule is O=C(O)c1cn2c(n1)sc1cc(OC(F)(F)F)ccc12. The van der Waals surface area contributed by atoms with Gasteiger partial charge in [0.2, 0.25) is 0 Å². The Morgan fingerprint density at radius 3 is 2.80 bits per heavy atom. The van der Waals surface area contributed by atoms with Crippen LogP contribution in [-0.2, 0) is 0 Å². The van der Waals surface area contributed by atoms with Gasteiger partial charge in [-0.2, -0.15) is 0 Å². The summed E-state index contributed by atoms with van der Waals surface area (Å²) in [4.78, 5) is 15.1. The van der Waals surface area contributed by atoms with Crippen LogP contribution in [0, 0.1) is 0 Å². The van der Waals surface area contributed by atoms with Gasteiger partial charge in [-0.05, 0) is 18.2 Å². The molecule has 3 aromatic rings. The van der Waals surface area contributed by atoms with Gasteiger partial charge in [0.1, 0.15) is 5.75 Å². The van der Waals surface area contributed by atoms with Crippen LogP contribution in [0.15, 0.2) is 24.4 Å². The van der Waals surface area contributed by atoms with E-state index in [0.717, 1.165) is 11.3 Å². The fourth-order valence-corrected chi connectivity index (χ4v) is 2.82. The van der Waals surface area contributed by atoms with Crippen LogP contribution >= 0.6 is 11.3 Å². The number of halogens is 3. The molecular formula is C11H5F3N2O3S. The molecule has 0 atom stereocenters. The Hall–Kier alpha value is -2.29. The highest BCUT2D eigenvalue weighted by Crippen LogP contribution is 2.31. The van der Waals surface area contributed by atoms with Crippen LogP contribution in [0.1, 0.15) is 10.5 Å². The van der Waals surface area contributed by atoms with Gasteiger partial charge in [-0.3, -0.25) is 4.40 Å². The zero-order valence-electron chi connectivity index (χ0n) is 9.51. The van der Waals surface area contributed by atoms with Crippen molar-refractivity contribution in [3.63, 3.8) is 0 Å². The van der Waals surface area contributed by atoms with Crippen molar-refractivity contribution in [2.75, 3.05) is 0 Å². The van der Waals surface area contributed by atoms with Gasteiger partial charge in [0.15, 0.2) is 10.7 Å². The Kier molecular flexibility index (Phi) is 2.61. The number of benzene rings is 1. The number of alkyl halides is 3. The van der Waals surface area contributed by atoms with Crippen LogP contribution in [0.4, 0.5) is 13.2 Å². The molecule has 2 aromatic heterocycles. The maximum absolute atomic E-state index is 12.1. The fourth-order valence-electron chi connectivity index (χ4n) is 1.78.